The van der Waals surface area contributed by atoms with Crippen LogP contribution in [0, 0.1) is 6.92 Å². The molecule has 0 bridgehead atoms. The Balaban J connectivity index is 1.42. The van der Waals surface area contributed by atoms with E-state index in [1.807, 2.05) is 49.4 Å². The lowest BCUT2D eigenvalue weighted by molar-refractivity contribution is -0.119. The Morgan fingerprint density at radius 2 is 1.60 bits per heavy atom. The van der Waals surface area contributed by atoms with Crippen LogP contribution < -0.4 is 14.4 Å². The van der Waals surface area contributed by atoms with Gasteiger partial charge in [-0.2, -0.15) is 0 Å². The summed E-state index contributed by atoms with van der Waals surface area (Å²) < 4.78 is 34.5. The van der Waals surface area contributed by atoms with E-state index in [2.05, 4.69) is 21.2 Å². The number of benzene rings is 4. The molecule has 180 valence electrons. The molecule has 0 aliphatic heterocycles. The zero-order valence-corrected chi connectivity index (χ0v) is 21.6. The third-order valence-corrected chi connectivity index (χ3v) is 7.74. The Kier molecular flexibility index (Phi) is 7.73. The molecule has 8 heteroatoms. The maximum atomic E-state index is 13.4. The molecule has 6 nitrogen and oxygen atoms in total. The minimum Gasteiger partial charge on any atom is -0.492 e. The maximum absolute atomic E-state index is 13.4. The van der Waals surface area contributed by atoms with Crippen molar-refractivity contribution in [2.75, 3.05) is 24.0 Å². The molecule has 4 rings (SSSR count). The number of carbonyl (C=O) groups is 1. The van der Waals surface area contributed by atoms with Crippen molar-refractivity contribution in [1.82, 2.24) is 5.32 Å². The largest absolute Gasteiger partial charge is 0.492 e. The lowest BCUT2D eigenvalue weighted by Gasteiger charge is -2.24. The number of sulfonamides is 1. The molecule has 0 aliphatic rings. The second kappa shape index (κ2) is 10.9. The summed E-state index contributed by atoms with van der Waals surface area (Å²) >= 11 is 3.36. The zero-order valence-electron chi connectivity index (χ0n) is 19.1. The fraction of sp³-hybridized carbons (Fsp3) is 0.148. The number of hydrogen-bond acceptors (Lipinski definition) is 4. The first-order chi connectivity index (χ1) is 16.8. The third kappa shape index (κ3) is 6.21. The van der Waals surface area contributed by atoms with Gasteiger partial charge in [0.1, 0.15) is 18.9 Å². The number of carbonyl (C=O) groups excluding carboxylic acids is 1. The van der Waals surface area contributed by atoms with Crippen molar-refractivity contribution in [3.05, 3.63) is 101 Å². The predicted molar refractivity (Wildman–Crippen MR) is 142 cm³/mol. The van der Waals surface area contributed by atoms with E-state index in [0.717, 1.165) is 25.1 Å². The summed E-state index contributed by atoms with van der Waals surface area (Å²) in [4.78, 5) is 12.9. The van der Waals surface area contributed by atoms with Crippen LogP contribution in [0.5, 0.6) is 5.75 Å². The molecule has 0 aliphatic carbocycles. The number of ether oxygens (including phenoxy) is 1. The molecule has 0 heterocycles. The summed E-state index contributed by atoms with van der Waals surface area (Å²) in [6, 6.07) is 27.1. The summed E-state index contributed by atoms with van der Waals surface area (Å²) in [5, 5.41) is 4.95. The van der Waals surface area contributed by atoms with Crippen molar-refractivity contribution in [2.45, 2.75) is 11.8 Å². The Morgan fingerprint density at radius 1 is 0.914 bits per heavy atom. The second-order valence-corrected chi connectivity index (χ2v) is 10.8. The van der Waals surface area contributed by atoms with E-state index < -0.39 is 15.9 Å². The van der Waals surface area contributed by atoms with E-state index in [1.54, 1.807) is 48.5 Å². The molecule has 0 saturated carbocycles. The summed E-state index contributed by atoms with van der Waals surface area (Å²) in [5.41, 5.74) is 1.35. The van der Waals surface area contributed by atoms with Crippen LogP contribution in [0.2, 0.25) is 0 Å². The van der Waals surface area contributed by atoms with Crippen LogP contribution in [0.25, 0.3) is 10.8 Å². The van der Waals surface area contributed by atoms with Gasteiger partial charge in [-0.15, -0.1) is 0 Å². The summed E-state index contributed by atoms with van der Waals surface area (Å²) in [6.07, 6.45) is 0. The fourth-order valence-electron chi connectivity index (χ4n) is 3.56. The molecule has 1 amide bonds. The Labute approximate surface area is 213 Å². The van der Waals surface area contributed by atoms with Crippen LogP contribution >= 0.6 is 15.9 Å². The number of nitrogens with zero attached hydrogens (tertiary/aromatic N) is 1. The topological polar surface area (TPSA) is 75.7 Å². The number of anilines is 1. The first-order valence-corrected chi connectivity index (χ1v) is 13.3. The van der Waals surface area contributed by atoms with Crippen LogP contribution in [0.4, 0.5) is 5.69 Å². The molecule has 0 fully saturated rings. The van der Waals surface area contributed by atoms with Gasteiger partial charge in [0, 0.05) is 4.47 Å². The second-order valence-electron chi connectivity index (χ2n) is 8.01. The molecule has 1 N–H and O–H groups in total. The molecule has 35 heavy (non-hydrogen) atoms. The molecule has 0 spiro atoms. The summed E-state index contributed by atoms with van der Waals surface area (Å²) in [5.74, 6) is 0.280. The van der Waals surface area contributed by atoms with Crippen molar-refractivity contribution in [3.8, 4) is 5.75 Å². The molecular weight excluding hydrogens is 528 g/mol. The first kappa shape index (κ1) is 24.8. The minimum atomic E-state index is -3.95. The van der Waals surface area contributed by atoms with E-state index >= 15 is 0 Å². The van der Waals surface area contributed by atoms with Gasteiger partial charge in [0.2, 0.25) is 5.91 Å². The standard InChI is InChI=1S/C27H25BrN2O4S/c1-20-6-14-26(15-7-20)35(32,33)30(24-11-9-23(28)10-12-24)19-27(31)29-16-17-34-25-13-8-21-4-2-3-5-22(21)18-25/h2-15,18H,16-17,19H2,1H3,(H,29,31). The number of rotatable bonds is 9. The summed E-state index contributed by atoms with van der Waals surface area (Å²) in [7, 11) is -3.95. The molecule has 4 aromatic carbocycles. The van der Waals surface area contributed by atoms with Gasteiger partial charge in [0.05, 0.1) is 17.1 Å². The fourth-order valence-corrected chi connectivity index (χ4v) is 5.25. The van der Waals surface area contributed by atoms with Gasteiger partial charge in [0.15, 0.2) is 0 Å². The number of aryl methyl sites for hydroxylation is 1. The van der Waals surface area contributed by atoms with Gasteiger partial charge in [-0.3, -0.25) is 9.10 Å². The Bertz CT molecular complexity index is 1420. The highest BCUT2D eigenvalue weighted by Crippen LogP contribution is 2.25. The highest BCUT2D eigenvalue weighted by atomic mass is 79.9. The maximum Gasteiger partial charge on any atom is 0.264 e. The highest BCUT2D eigenvalue weighted by Gasteiger charge is 2.27. The van der Waals surface area contributed by atoms with Gasteiger partial charge in [0.25, 0.3) is 10.0 Å². The Morgan fingerprint density at radius 3 is 2.31 bits per heavy atom. The van der Waals surface area contributed by atoms with E-state index in [4.69, 9.17) is 4.74 Å². The number of fused-ring (bicyclic) bond motifs is 1. The van der Waals surface area contributed by atoms with Crippen molar-refractivity contribution in [2.24, 2.45) is 0 Å². The Hall–Kier alpha value is -3.36. The third-order valence-electron chi connectivity index (χ3n) is 5.42. The summed E-state index contributed by atoms with van der Waals surface area (Å²) in [6.45, 7) is 2.03. The molecule has 0 aromatic heterocycles. The smallest absolute Gasteiger partial charge is 0.264 e. The zero-order chi connectivity index (χ0) is 24.8. The van der Waals surface area contributed by atoms with E-state index in [0.29, 0.717) is 11.4 Å². The van der Waals surface area contributed by atoms with Gasteiger partial charge in [-0.1, -0.05) is 64.0 Å². The van der Waals surface area contributed by atoms with Crippen molar-refractivity contribution < 1.29 is 17.9 Å². The number of amides is 1. The lowest BCUT2D eigenvalue weighted by atomic mass is 10.1. The minimum absolute atomic E-state index is 0.124. The lowest BCUT2D eigenvalue weighted by Crippen LogP contribution is -2.41. The van der Waals surface area contributed by atoms with Gasteiger partial charge in [-0.25, -0.2) is 8.42 Å². The van der Waals surface area contributed by atoms with Crippen LogP contribution in [-0.4, -0.2) is 34.0 Å². The van der Waals surface area contributed by atoms with Crippen molar-refractivity contribution in [3.63, 3.8) is 0 Å². The quantitative estimate of drug-likeness (QED) is 0.286. The highest BCUT2D eigenvalue weighted by molar-refractivity contribution is 9.10. The van der Waals surface area contributed by atoms with E-state index in [-0.39, 0.29) is 24.6 Å². The molecule has 0 radical (unpaired) electrons. The van der Waals surface area contributed by atoms with Crippen molar-refractivity contribution >= 4 is 48.3 Å². The van der Waals surface area contributed by atoms with Crippen LogP contribution in [0.3, 0.4) is 0 Å². The normalized spacial score (nSPS) is 11.3. The number of halogens is 1. The molecule has 4 aromatic rings. The van der Waals surface area contributed by atoms with E-state index in [1.165, 1.54) is 0 Å². The van der Waals surface area contributed by atoms with Gasteiger partial charge in [-0.05, 0) is 66.2 Å². The predicted octanol–water partition coefficient (Wildman–Crippen LogP) is 5.30. The number of nitrogens with one attached hydrogen (secondary N) is 1. The molecular formula is C27H25BrN2O4S. The molecule has 0 atom stereocenters. The average Bonchev–Trinajstić information content (AvgIpc) is 2.86. The van der Waals surface area contributed by atoms with Crippen LogP contribution in [0.1, 0.15) is 5.56 Å². The van der Waals surface area contributed by atoms with Gasteiger partial charge < -0.3 is 10.1 Å². The molecule has 0 saturated heterocycles. The van der Waals surface area contributed by atoms with Crippen molar-refractivity contribution in [1.29, 1.82) is 0 Å². The van der Waals surface area contributed by atoms with Crippen LogP contribution in [-0.2, 0) is 14.8 Å². The SMILES string of the molecule is Cc1ccc(S(=O)(=O)N(CC(=O)NCCOc2ccc3ccccc3c2)c2ccc(Br)cc2)cc1. The monoisotopic (exact) mass is 552 g/mol. The average molecular weight is 553 g/mol. The van der Waals surface area contributed by atoms with Gasteiger partial charge >= 0.3 is 0 Å². The first-order valence-electron chi connectivity index (χ1n) is 11.1. The van der Waals surface area contributed by atoms with E-state index in [9.17, 15) is 13.2 Å². The number of hydrogen-bond donors (Lipinski definition) is 1. The van der Waals surface area contributed by atoms with Crippen LogP contribution in [0.15, 0.2) is 100 Å². The molecule has 0 unspecified atom stereocenters.